The van der Waals surface area contributed by atoms with Gasteiger partial charge in [0.25, 0.3) is 10.0 Å². The van der Waals surface area contributed by atoms with E-state index in [2.05, 4.69) is 10.0 Å². The fourth-order valence-corrected chi connectivity index (χ4v) is 3.16. The predicted octanol–water partition coefficient (Wildman–Crippen LogP) is 2.39. The highest BCUT2D eigenvalue weighted by Gasteiger charge is 2.14. The Morgan fingerprint density at radius 3 is 2.11 bits per heavy atom. The predicted molar refractivity (Wildman–Crippen MR) is 100 cm³/mol. The van der Waals surface area contributed by atoms with Crippen LogP contribution in [-0.2, 0) is 24.3 Å². The lowest BCUT2D eigenvalue weighted by molar-refractivity contribution is -0.145. The Bertz CT molecular complexity index is 892. The Kier molecular flexibility index (Phi) is 6.78. The van der Waals surface area contributed by atoms with Crippen LogP contribution < -0.4 is 14.8 Å². The van der Waals surface area contributed by atoms with Crippen LogP contribution in [0.2, 0.25) is 0 Å². The van der Waals surface area contributed by atoms with Crippen LogP contribution in [0.25, 0.3) is 0 Å². The number of hydrogen-bond donors (Lipinski definition) is 2. The molecule has 27 heavy (non-hydrogen) atoms. The van der Waals surface area contributed by atoms with Gasteiger partial charge in [-0.05, 0) is 55.5 Å². The standard InChI is InChI=1S/C18H20N2O6S/c1-3-25-18(22)12-26-16-8-10-17(11-9-16)27(23,24)20-15-6-4-14(5-7-15)19-13(2)21/h4-11,20H,3,12H2,1-2H3,(H,19,21). The molecule has 0 radical (unpaired) electrons. The first-order valence-electron chi connectivity index (χ1n) is 8.09. The summed E-state index contributed by atoms with van der Waals surface area (Å²) in [6, 6.07) is 11.9. The number of amides is 1. The quantitative estimate of drug-likeness (QED) is 0.668. The van der Waals surface area contributed by atoms with Gasteiger partial charge in [-0.15, -0.1) is 0 Å². The molecule has 0 aromatic heterocycles. The molecular weight excluding hydrogens is 372 g/mol. The second-order valence-electron chi connectivity index (χ2n) is 5.43. The number of benzene rings is 2. The van der Waals surface area contributed by atoms with Crippen molar-refractivity contribution in [1.82, 2.24) is 0 Å². The minimum absolute atomic E-state index is 0.0388. The summed E-state index contributed by atoms with van der Waals surface area (Å²) in [5.41, 5.74) is 0.917. The summed E-state index contributed by atoms with van der Waals surface area (Å²) in [5, 5.41) is 2.60. The molecule has 0 fully saturated rings. The van der Waals surface area contributed by atoms with E-state index in [9.17, 15) is 18.0 Å². The van der Waals surface area contributed by atoms with Crippen LogP contribution in [0.5, 0.6) is 5.75 Å². The van der Waals surface area contributed by atoms with Crippen LogP contribution in [0.3, 0.4) is 0 Å². The van der Waals surface area contributed by atoms with Crippen LogP contribution in [0.1, 0.15) is 13.8 Å². The van der Waals surface area contributed by atoms with E-state index in [4.69, 9.17) is 9.47 Å². The third kappa shape index (κ3) is 6.30. The largest absolute Gasteiger partial charge is 0.482 e. The normalized spacial score (nSPS) is 10.7. The van der Waals surface area contributed by atoms with Gasteiger partial charge >= 0.3 is 5.97 Å². The molecule has 0 aliphatic carbocycles. The highest BCUT2D eigenvalue weighted by molar-refractivity contribution is 7.92. The molecule has 0 saturated carbocycles. The summed E-state index contributed by atoms with van der Waals surface area (Å²) in [7, 11) is -3.79. The summed E-state index contributed by atoms with van der Waals surface area (Å²) in [6.45, 7) is 3.09. The molecule has 2 aromatic carbocycles. The Balaban J connectivity index is 2.01. The summed E-state index contributed by atoms with van der Waals surface area (Å²) >= 11 is 0. The van der Waals surface area contributed by atoms with Gasteiger partial charge in [0, 0.05) is 18.3 Å². The monoisotopic (exact) mass is 392 g/mol. The zero-order valence-corrected chi connectivity index (χ0v) is 15.7. The average molecular weight is 392 g/mol. The molecule has 2 rings (SSSR count). The van der Waals surface area contributed by atoms with E-state index >= 15 is 0 Å². The third-order valence-corrected chi connectivity index (χ3v) is 4.65. The Morgan fingerprint density at radius 1 is 0.963 bits per heavy atom. The van der Waals surface area contributed by atoms with Crippen molar-refractivity contribution in [2.24, 2.45) is 0 Å². The van der Waals surface area contributed by atoms with E-state index in [0.29, 0.717) is 17.1 Å². The molecule has 0 unspecified atom stereocenters. The number of ether oxygens (including phenoxy) is 2. The first-order valence-corrected chi connectivity index (χ1v) is 9.57. The molecule has 2 aromatic rings. The molecule has 1 amide bonds. The van der Waals surface area contributed by atoms with Crippen LogP contribution in [0.4, 0.5) is 11.4 Å². The average Bonchev–Trinajstić information content (AvgIpc) is 2.62. The molecule has 0 bridgehead atoms. The van der Waals surface area contributed by atoms with Gasteiger partial charge in [-0.2, -0.15) is 0 Å². The van der Waals surface area contributed by atoms with Gasteiger partial charge in [0.2, 0.25) is 5.91 Å². The van der Waals surface area contributed by atoms with Crippen molar-refractivity contribution in [3.05, 3.63) is 48.5 Å². The zero-order valence-electron chi connectivity index (χ0n) is 14.9. The fourth-order valence-electron chi connectivity index (χ4n) is 2.10. The molecular formula is C18H20N2O6S. The SMILES string of the molecule is CCOC(=O)COc1ccc(S(=O)(=O)Nc2ccc(NC(C)=O)cc2)cc1. The van der Waals surface area contributed by atoms with E-state index < -0.39 is 16.0 Å². The molecule has 0 heterocycles. The van der Waals surface area contributed by atoms with Gasteiger partial charge in [-0.1, -0.05) is 0 Å². The van der Waals surface area contributed by atoms with Crippen molar-refractivity contribution >= 4 is 33.3 Å². The number of hydrogen-bond acceptors (Lipinski definition) is 6. The Hall–Kier alpha value is -3.07. The molecule has 2 N–H and O–H groups in total. The molecule has 0 aliphatic rings. The minimum Gasteiger partial charge on any atom is -0.482 e. The number of rotatable bonds is 8. The van der Waals surface area contributed by atoms with Crippen LogP contribution in [-0.4, -0.2) is 33.5 Å². The molecule has 0 saturated heterocycles. The van der Waals surface area contributed by atoms with Gasteiger partial charge in [-0.3, -0.25) is 9.52 Å². The Morgan fingerprint density at radius 2 is 1.56 bits per heavy atom. The maximum absolute atomic E-state index is 12.4. The number of carbonyl (C=O) groups excluding carboxylic acids is 2. The number of nitrogens with one attached hydrogen (secondary N) is 2. The van der Waals surface area contributed by atoms with Gasteiger partial charge in [0.15, 0.2) is 6.61 Å². The van der Waals surface area contributed by atoms with E-state index in [1.165, 1.54) is 31.2 Å². The number of carbonyl (C=O) groups is 2. The summed E-state index contributed by atoms with van der Waals surface area (Å²) in [6.07, 6.45) is 0. The highest BCUT2D eigenvalue weighted by atomic mass is 32.2. The molecule has 0 atom stereocenters. The van der Waals surface area contributed by atoms with Crippen LogP contribution in [0, 0.1) is 0 Å². The number of esters is 1. The second-order valence-corrected chi connectivity index (χ2v) is 7.11. The van der Waals surface area contributed by atoms with Crippen LogP contribution in [0.15, 0.2) is 53.4 Å². The fraction of sp³-hybridized carbons (Fsp3) is 0.222. The summed E-state index contributed by atoms with van der Waals surface area (Å²) < 4.78 is 37.3. The lowest BCUT2D eigenvalue weighted by atomic mass is 10.3. The topological polar surface area (TPSA) is 111 Å². The minimum atomic E-state index is -3.79. The second kappa shape index (κ2) is 9.04. The van der Waals surface area contributed by atoms with Crippen molar-refractivity contribution < 1.29 is 27.5 Å². The zero-order chi connectivity index (χ0) is 19.9. The number of anilines is 2. The Labute approximate surface area is 157 Å². The van der Waals surface area contributed by atoms with Gasteiger partial charge in [0.1, 0.15) is 5.75 Å². The van der Waals surface area contributed by atoms with Crippen LogP contribution >= 0.6 is 0 Å². The molecule has 8 nitrogen and oxygen atoms in total. The molecule has 144 valence electrons. The van der Waals surface area contributed by atoms with Crippen molar-refractivity contribution in [2.45, 2.75) is 18.7 Å². The first kappa shape index (κ1) is 20.2. The molecule has 9 heteroatoms. The van der Waals surface area contributed by atoms with Gasteiger partial charge in [-0.25, -0.2) is 13.2 Å². The maximum Gasteiger partial charge on any atom is 0.344 e. The highest BCUT2D eigenvalue weighted by Crippen LogP contribution is 2.20. The van der Waals surface area contributed by atoms with E-state index in [1.807, 2.05) is 0 Å². The van der Waals surface area contributed by atoms with E-state index in [1.54, 1.807) is 31.2 Å². The smallest absolute Gasteiger partial charge is 0.344 e. The summed E-state index contributed by atoms with van der Waals surface area (Å²) in [5.74, 6) is -0.367. The van der Waals surface area contributed by atoms with E-state index in [0.717, 1.165) is 0 Å². The van der Waals surface area contributed by atoms with Crippen molar-refractivity contribution in [2.75, 3.05) is 23.3 Å². The maximum atomic E-state index is 12.4. The molecule has 0 spiro atoms. The lowest BCUT2D eigenvalue weighted by Crippen LogP contribution is -2.15. The molecule has 0 aliphatic heterocycles. The summed E-state index contributed by atoms with van der Waals surface area (Å²) in [4.78, 5) is 22.3. The van der Waals surface area contributed by atoms with Crippen molar-refractivity contribution in [3.63, 3.8) is 0 Å². The van der Waals surface area contributed by atoms with Gasteiger partial charge in [0.05, 0.1) is 11.5 Å². The van der Waals surface area contributed by atoms with E-state index in [-0.39, 0.29) is 24.0 Å². The van der Waals surface area contributed by atoms with Gasteiger partial charge < -0.3 is 14.8 Å². The first-order chi connectivity index (χ1) is 12.8. The number of sulfonamides is 1. The van der Waals surface area contributed by atoms with Crippen molar-refractivity contribution in [1.29, 1.82) is 0 Å². The third-order valence-electron chi connectivity index (χ3n) is 3.25. The van der Waals surface area contributed by atoms with Crippen molar-refractivity contribution in [3.8, 4) is 5.75 Å². The lowest BCUT2D eigenvalue weighted by Gasteiger charge is -2.10.